The molecule has 1 unspecified atom stereocenters. The molecule has 0 radical (unpaired) electrons. The molecule has 0 aromatic heterocycles. The van der Waals surface area contributed by atoms with E-state index in [1.807, 2.05) is 24.3 Å². The molecule has 6 heteroatoms. The van der Waals surface area contributed by atoms with Crippen LogP contribution in [0.2, 0.25) is 0 Å². The van der Waals surface area contributed by atoms with E-state index in [0.717, 1.165) is 22.6 Å². The van der Waals surface area contributed by atoms with Crippen LogP contribution in [0.15, 0.2) is 24.3 Å². The van der Waals surface area contributed by atoms with Crippen LogP contribution in [0.25, 0.3) is 0 Å². The molecule has 0 bridgehead atoms. The lowest BCUT2D eigenvalue weighted by molar-refractivity contribution is 0.173. The molecule has 0 saturated carbocycles. The molecule has 1 atom stereocenters. The minimum absolute atomic E-state index is 0.210. The van der Waals surface area contributed by atoms with Gasteiger partial charge in [0, 0.05) is 30.2 Å². The third-order valence-corrected chi connectivity index (χ3v) is 4.31. The molecule has 2 aliphatic heterocycles. The van der Waals surface area contributed by atoms with Gasteiger partial charge in [-0.15, -0.1) is 0 Å². The molecule has 2 aliphatic rings. The van der Waals surface area contributed by atoms with Crippen molar-refractivity contribution in [2.45, 2.75) is 12.5 Å². The normalized spacial score (nSPS) is 17.2. The summed E-state index contributed by atoms with van der Waals surface area (Å²) in [7, 11) is 4.85. The molecule has 2 aromatic carbocycles. The summed E-state index contributed by atoms with van der Waals surface area (Å²) in [5.74, 6) is 4.27. The third-order valence-electron chi connectivity index (χ3n) is 4.31. The summed E-state index contributed by atoms with van der Waals surface area (Å²) in [5, 5.41) is 0. The van der Waals surface area contributed by atoms with Crippen LogP contribution in [-0.2, 0) is 6.42 Å². The first-order chi connectivity index (χ1) is 11.7. The minimum Gasteiger partial charge on any atom is -0.496 e. The largest absolute Gasteiger partial charge is 0.496 e. The van der Waals surface area contributed by atoms with E-state index in [4.69, 9.17) is 28.4 Å². The molecule has 126 valence electrons. The molecule has 0 amide bonds. The molecule has 0 N–H and O–H groups in total. The zero-order valence-corrected chi connectivity index (χ0v) is 13.8. The van der Waals surface area contributed by atoms with E-state index in [1.165, 1.54) is 0 Å². The first kappa shape index (κ1) is 14.8. The number of hydrogen-bond acceptors (Lipinski definition) is 6. The SMILES string of the molecule is COc1cc(OC)c(C2Cc3cc4c(cc3O2)OCO4)c(OC)c1. The summed E-state index contributed by atoms with van der Waals surface area (Å²) < 4.78 is 33.4. The highest BCUT2D eigenvalue weighted by Crippen LogP contribution is 2.48. The molecule has 24 heavy (non-hydrogen) atoms. The number of fused-ring (bicyclic) bond motifs is 2. The Kier molecular flexibility index (Phi) is 3.52. The fourth-order valence-electron chi connectivity index (χ4n) is 3.14. The van der Waals surface area contributed by atoms with Crippen molar-refractivity contribution in [3.63, 3.8) is 0 Å². The van der Waals surface area contributed by atoms with Crippen molar-refractivity contribution in [2.24, 2.45) is 0 Å². The molecule has 0 spiro atoms. The van der Waals surface area contributed by atoms with Gasteiger partial charge >= 0.3 is 0 Å². The van der Waals surface area contributed by atoms with Crippen LogP contribution < -0.4 is 28.4 Å². The quantitative estimate of drug-likeness (QED) is 0.858. The van der Waals surface area contributed by atoms with Gasteiger partial charge < -0.3 is 28.4 Å². The molecule has 0 aliphatic carbocycles. The van der Waals surface area contributed by atoms with Gasteiger partial charge in [-0.25, -0.2) is 0 Å². The molecule has 2 aromatic rings. The number of benzene rings is 2. The van der Waals surface area contributed by atoms with Gasteiger partial charge in [0.1, 0.15) is 29.1 Å². The van der Waals surface area contributed by atoms with Crippen LogP contribution in [0.5, 0.6) is 34.5 Å². The number of hydrogen-bond donors (Lipinski definition) is 0. The summed E-state index contributed by atoms with van der Waals surface area (Å²) in [6.45, 7) is 0.252. The number of rotatable bonds is 4. The lowest BCUT2D eigenvalue weighted by Gasteiger charge is -2.19. The smallest absolute Gasteiger partial charge is 0.231 e. The van der Waals surface area contributed by atoms with Gasteiger partial charge in [-0.05, 0) is 6.07 Å². The average molecular weight is 330 g/mol. The summed E-state index contributed by atoms with van der Waals surface area (Å²) in [6, 6.07) is 7.51. The average Bonchev–Trinajstić information content (AvgIpc) is 3.23. The Morgan fingerprint density at radius 3 is 2.12 bits per heavy atom. The predicted octanol–water partition coefficient (Wildman–Crippen LogP) is 3.12. The maximum atomic E-state index is 6.14. The van der Waals surface area contributed by atoms with Crippen LogP contribution in [0.3, 0.4) is 0 Å². The standard InChI is InChI=1S/C18H18O6/c1-19-11-6-15(20-2)18(16(7-11)21-3)17-5-10-4-13-14(23-9-22-13)8-12(10)24-17/h4,6-8,17H,5,9H2,1-3H3. The highest BCUT2D eigenvalue weighted by molar-refractivity contribution is 5.57. The van der Waals surface area contributed by atoms with Gasteiger partial charge in [-0.2, -0.15) is 0 Å². The van der Waals surface area contributed by atoms with Gasteiger partial charge in [0.25, 0.3) is 0 Å². The van der Waals surface area contributed by atoms with E-state index >= 15 is 0 Å². The molecular formula is C18H18O6. The molecular weight excluding hydrogens is 312 g/mol. The van der Waals surface area contributed by atoms with E-state index < -0.39 is 0 Å². The third kappa shape index (κ3) is 2.26. The first-order valence-corrected chi connectivity index (χ1v) is 7.62. The van der Waals surface area contributed by atoms with E-state index in [9.17, 15) is 0 Å². The van der Waals surface area contributed by atoms with Crippen molar-refractivity contribution in [1.82, 2.24) is 0 Å². The van der Waals surface area contributed by atoms with Crippen molar-refractivity contribution in [3.05, 3.63) is 35.4 Å². The summed E-state index contributed by atoms with van der Waals surface area (Å²) in [4.78, 5) is 0. The lowest BCUT2D eigenvalue weighted by Crippen LogP contribution is -2.08. The Hall–Kier alpha value is -2.76. The Morgan fingerprint density at radius 2 is 1.50 bits per heavy atom. The zero-order valence-electron chi connectivity index (χ0n) is 13.8. The molecule has 0 fully saturated rings. The zero-order chi connectivity index (χ0) is 16.7. The van der Waals surface area contributed by atoms with Gasteiger partial charge in [-0.3, -0.25) is 0 Å². The fourth-order valence-corrected chi connectivity index (χ4v) is 3.14. The van der Waals surface area contributed by atoms with Gasteiger partial charge in [0.15, 0.2) is 11.5 Å². The Bertz CT molecular complexity index is 727. The highest BCUT2D eigenvalue weighted by atomic mass is 16.7. The second-order valence-electron chi connectivity index (χ2n) is 5.57. The second-order valence-corrected chi connectivity index (χ2v) is 5.57. The predicted molar refractivity (Wildman–Crippen MR) is 85.7 cm³/mol. The summed E-state index contributed by atoms with van der Waals surface area (Å²) in [5.41, 5.74) is 1.93. The van der Waals surface area contributed by atoms with E-state index in [0.29, 0.717) is 29.4 Å². The van der Waals surface area contributed by atoms with Crippen LogP contribution >= 0.6 is 0 Å². The van der Waals surface area contributed by atoms with Crippen molar-refractivity contribution in [1.29, 1.82) is 0 Å². The van der Waals surface area contributed by atoms with Gasteiger partial charge in [0.05, 0.1) is 26.9 Å². The minimum atomic E-state index is -0.210. The monoisotopic (exact) mass is 330 g/mol. The Labute approximate surface area is 139 Å². The topological polar surface area (TPSA) is 55.4 Å². The number of ether oxygens (including phenoxy) is 6. The summed E-state index contributed by atoms with van der Waals surface area (Å²) >= 11 is 0. The van der Waals surface area contributed by atoms with Crippen LogP contribution in [0.4, 0.5) is 0 Å². The van der Waals surface area contributed by atoms with Gasteiger partial charge in [-0.1, -0.05) is 0 Å². The van der Waals surface area contributed by atoms with E-state index in [2.05, 4.69) is 0 Å². The van der Waals surface area contributed by atoms with Crippen molar-refractivity contribution in [2.75, 3.05) is 28.1 Å². The second kappa shape index (κ2) is 5.70. The molecule has 4 rings (SSSR count). The maximum absolute atomic E-state index is 6.14. The van der Waals surface area contributed by atoms with E-state index in [-0.39, 0.29) is 12.9 Å². The van der Waals surface area contributed by atoms with Crippen molar-refractivity contribution < 1.29 is 28.4 Å². The number of methoxy groups -OCH3 is 3. The summed E-state index contributed by atoms with van der Waals surface area (Å²) in [6.07, 6.45) is 0.490. The Morgan fingerprint density at radius 1 is 0.833 bits per heavy atom. The van der Waals surface area contributed by atoms with Crippen molar-refractivity contribution in [3.8, 4) is 34.5 Å². The molecule has 6 nitrogen and oxygen atoms in total. The van der Waals surface area contributed by atoms with Crippen molar-refractivity contribution >= 4 is 0 Å². The lowest BCUT2D eigenvalue weighted by atomic mass is 10.0. The van der Waals surface area contributed by atoms with E-state index in [1.54, 1.807) is 21.3 Å². The highest BCUT2D eigenvalue weighted by Gasteiger charge is 2.32. The van der Waals surface area contributed by atoms with Crippen LogP contribution in [0, 0.1) is 0 Å². The van der Waals surface area contributed by atoms with Gasteiger partial charge in [0.2, 0.25) is 6.79 Å². The first-order valence-electron chi connectivity index (χ1n) is 7.62. The molecule has 0 saturated heterocycles. The van der Waals surface area contributed by atoms with Crippen LogP contribution in [0.1, 0.15) is 17.2 Å². The Balaban J connectivity index is 1.72. The maximum Gasteiger partial charge on any atom is 0.231 e. The van der Waals surface area contributed by atoms with Crippen LogP contribution in [-0.4, -0.2) is 28.1 Å². The fraction of sp³-hybridized carbons (Fsp3) is 0.333. The molecule has 2 heterocycles.